The first-order valence-corrected chi connectivity index (χ1v) is 12.4. The number of nitrogens with zero attached hydrogens (tertiary/aromatic N) is 2. The highest BCUT2D eigenvalue weighted by molar-refractivity contribution is 5.79. The second-order valence-corrected chi connectivity index (χ2v) is 9.55. The molecule has 0 saturated carbocycles. The van der Waals surface area contributed by atoms with Crippen LogP contribution < -0.4 is 14.2 Å². The maximum absolute atomic E-state index is 13.4. The third kappa shape index (κ3) is 5.84. The van der Waals surface area contributed by atoms with Crippen molar-refractivity contribution in [1.29, 1.82) is 0 Å². The maximum Gasteiger partial charge on any atom is 0.226 e. The fourth-order valence-electron chi connectivity index (χ4n) is 5.42. The number of ether oxygens (including phenoxy) is 3. The fourth-order valence-corrected chi connectivity index (χ4v) is 5.42. The van der Waals surface area contributed by atoms with Gasteiger partial charge in [0.1, 0.15) is 5.75 Å². The van der Waals surface area contributed by atoms with E-state index in [0.29, 0.717) is 23.3 Å². The van der Waals surface area contributed by atoms with Gasteiger partial charge in [-0.1, -0.05) is 30.3 Å². The number of likely N-dealkylation sites (tertiary alicyclic amines) is 2. The Kier molecular flexibility index (Phi) is 8.33. The summed E-state index contributed by atoms with van der Waals surface area (Å²) in [6.45, 7) is 4.28. The van der Waals surface area contributed by atoms with Gasteiger partial charge in [0.05, 0.1) is 27.2 Å². The Morgan fingerprint density at radius 2 is 1.56 bits per heavy atom. The molecule has 2 saturated heterocycles. The topological polar surface area (TPSA) is 51.2 Å². The van der Waals surface area contributed by atoms with Crippen LogP contribution in [0.3, 0.4) is 0 Å². The Morgan fingerprint density at radius 1 is 0.882 bits per heavy atom. The first-order chi connectivity index (χ1) is 16.6. The molecule has 1 atom stereocenters. The SMILES string of the molecule is COc1cc(OC)c(OC)cc1CN1CCC[C@H](C(=O)N2CCC(Cc3ccccc3)CC2)C1. The van der Waals surface area contributed by atoms with Crippen molar-refractivity contribution in [2.24, 2.45) is 11.8 Å². The Bertz CT molecular complexity index is 941. The molecular weight excluding hydrogens is 428 g/mol. The normalized spacial score (nSPS) is 19.6. The van der Waals surface area contributed by atoms with E-state index in [1.165, 1.54) is 5.56 Å². The zero-order chi connectivity index (χ0) is 23.9. The van der Waals surface area contributed by atoms with Crippen LogP contribution in [0.2, 0.25) is 0 Å². The van der Waals surface area contributed by atoms with E-state index in [4.69, 9.17) is 14.2 Å². The number of hydrogen-bond donors (Lipinski definition) is 0. The quantitative estimate of drug-likeness (QED) is 0.577. The van der Waals surface area contributed by atoms with Crippen molar-refractivity contribution >= 4 is 5.91 Å². The minimum atomic E-state index is 0.0746. The summed E-state index contributed by atoms with van der Waals surface area (Å²) in [7, 11) is 4.95. The van der Waals surface area contributed by atoms with Crippen LogP contribution in [0.4, 0.5) is 0 Å². The molecule has 34 heavy (non-hydrogen) atoms. The molecule has 2 aromatic rings. The zero-order valence-electron chi connectivity index (χ0n) is 20.8. The van der Waals surface area contributed by atoms with Crippen LogP contribution in [0.25, 0.3) is 0 Å². The van der Waals surface area contributed by atoms with E-state index in [9.17, 15) is 4.79 Å². The molecule has 0 unspecified atom stereocenters. The van der Waals surface area contributed by atoms with Gasteiger partial charge in [-0.25, -0.2) is 0 Å². The summed E-state index contributed by atoms with van der Waals surface area (Å²) in [5, 5.41) is 0. The molecule has 6 heteroatoms. The molecule has 0 radical (unpaired) electrons. The molecule has 2 aromatic carbocycles. The van der Waals surface area contributed by atoms with Crippen LogP contribution in [-0.2, 0) is 17.8 Å². The van der Waals surface area contributed by atoms with Gasteiger partial charge in [0.25, 0.3) is 0 Å². The Labute approximate surface area is 203 Å². The van der Waals surface area contributed by atoms with Crippen LogP contribution in [0.1, 0.15) is 36.8 Å². The van der Waals surface area contributed by atoms with Gasteiger partial charge in [-0.2, -0.15) is 0 Å². The minimum absolute atomic E-state index is 0.0746. The summed E-state index contributed by atoms with van der Waals surface area (Å²) >= 11 is 0. The lowest BCUT2D eigenvalue weighted by Crippen LogP contribution is -2.47. The number of hydrogen-bond acceptors (Lipinski definition) is 5. The lowest BCUT2D eigenvalue weighted by molar-refractivity contribution is -0.138. The number of benzene rings is 2. The van der Waals surface area contributed by atoms with Crippen molar-refractivity contribution in [3.8, 4) is 17.2 Å². The van der Waals surface area contributed by atoms with Gasteiger partial charge >= 0.3 is 0 Å². The number of amides is 1. The number of piperidine rings is 2. The van der Waals surface area contributed by atoms with E-state index in [0.717, 1.165) is 76.1 Å². The van der Waals surface area contributed by atoms with Gasteiger partial charge in [-0.05, 0) is 56.2 Å². The minimum Gasteiger partial charge on any atom is -0.496 e. The maximum atomic E-state index is 13.4. The number of methoxy groups -OCH3 is 3. The summed E-state index contributed by atoms with van der Waals surface area (Å²) in [6.07, 6.45) is 5.33. The molecule has 184 valence electrons. The number of carbonyl (C=O) groups excluding carboxylic acids is 1. The molecule has 2 aliphatic rings. The highest BCUT2D eigenvalue weighted by Gasteiger charge is 2.32. The van der Waals surface area contributed by atoms with Gasteiger partial charge in [-0.15, -0.1) is 0 Å². The molecule has 4 rings (SSSR count). The summed E-state index contributed by atoms with van der Waals surface area (Å²) in [5.41, 5.74) is 2.45. The summed E-state index contributed by atoms with van der Waals surface area (Å²) in [6, 6.07) is 14.6. The first kappa shape index (κ1) is 24.4. The molecule has 0 N–H and O–H groups in total. The van der Waals surface area contributed by atoms with Gasteiger partial charge < -0.3 is 19.1 Å². The average Bonchev–Trinajstić information content (AvgIpc) is 2.89. The van der Waals surface area contributed by atoms with E-state index in [2.05, 4.69) is 40.1 Å². The standard InChI is InChI=1S/C28H38N2O4/c1-32-25-18-27(34-3)26(33-2)17-24(25)20-29-13-7-10-23(19-29)28(31)30-14-11-22(12-15-30)16-21-8-5-4-6-9-21/h4-6,8-9,17-18,22-23H,7,10-16,19-20H2,1-3H3/t23-/m0/s1. The highest BCUT2D eigenvalue weighted by atomic mass is 16.5. The first-order valence-electron chi connectivity index (χ1n) is 12.4. The highest BCUT2D eigenvalue weighted by Crippen LogP contribution is 2.36. The van der Waals surface area contributed by atoms with Crippen molar-refractivity contribution in [2.75, 3.05) is 47.5 Å². The molecule has 6 nitrogen and oxygen atoms in total. The van der Waals surface area contributed by atoms with Crippen LogP contribution >= 0.6 is 0 Å². The molecule has 2 heterocycles. The van der Waals surface area contributed by atoms with Crippen LogP contribution in [0.15, 0.2) is 42.5 Å². The second kappa shape index (κ2) is 11.6. The van der Waals surface area contributed by atoms with Crippen LogP contribution in [0.5, 0.6) is 17.2 Å². The van der Waals surface area contributed by atoms with E-state index >= 15 is 0 Å². The van der Waals surface area contributed by atoms with E-state index in [1.54, 1.807) is 21.3 Å². The summed E-state index contributed by atoms with van der Waals surface area (Å²) in [4.78, 5) is 17.9. The van der Waals surface area contributed by atoms with Gasteiger partial charge in [0, 0.05) is 37.8 Å². The molecular formula is C28H38N2O4. The van der Waals surface area contributed by atoms with Crippen molar-refractivity contribution in [1.82, 2.24) is 9.80 Å². The van der Waals surface area contributed by atoms with Crippen molar-refractivity contribution < 1.29 is 19.0 Å². The van der Waals surface area contributed by atoms with Gasteiger partial charge in [0.15, 0.2) is 11.5 Å². The van der Waals surface area contributed by atoms with Crippen LogP contribution in [0, 0.1) is 11.8 Å². The van der Waals surface area contributed by atoms with E-state index in [1.807, 2.05) is 12.1 Å². The third-order valence-electron chi connectivity index (χ3n) is 7.33. The fraction of sp³-hybridized carbons (Fsp3) is 0.536. The Morgan fingerprint density at radius 3 is 2.24 bits per heavy atom. The van der Waals surface area contributed by atoms with E-state index < -0.39 is 0 Å². The monoisotopic (exact) mass is 466 g/mol. The Hall–Kier alpha value is -2.73. The van der Waals surface area contributed by atoms with Gasteiger partial charge in [-0.3, -0.25) is 9.69 Å². The van der Waals surface area contributed by atoms with Crippen molar-refractivity contribution in [3.05, 3.63) is 53.6 Å². The van der Waals surface area contributed by atoms with Crippen molar-refractivity contribution in [3.63, 3.8) is 0 Å². The molecule has 0 aromatic heterocycles. The molecule has 0 spiro atoms. The second-order valence-electron chi connectivity index (χ2n) is 9.55. The molecule has 1 amide bonds. The molecule has 0 bridgehead atoms. The predicted molar refractivity (Wildman–Crippen MR) is 134 cm³/mol. The lowest BCUT2D eigenvalue weighted by Gasteiger charge is -2.38. The number of carbonyl (C=O) groups is 1. The third-order valence-corrected chi connectivity index (χ3v) is 7.33. The summed E-state index contributed by atoms with van der Waals surface area (Å²) < 4.78 is 16.5. The van der Waals surface area contributed by atoms with Gasteiger partial charge in [0.2, 0.25) is 5.91 Å². The molecule has 0 aliphatic carbocycles. The van der Waals surface area contributed by atoms with Crippen molar-refractivity contribution in [2.45, 2.75) is 38.6 Å². The zero-order valence-corrected chi connectivity index (χ0v) is 20.8. The molecule has 2 aliphatic heterocycles. The van der Waals surface area contributed by atoms with E-state index in [-0.39, 0.29) is 5.92 Å². The smallest absolute Gasteiger partial charge is 0.226 e. The summed E-state index contributed by atoms with van der Waals surface area (Å²) in [5.74, 6) is 3.22. The largest absolute Gasteiger partial charge is 0.496 e. The number of rotatable bonds is 8. The Balaban J connectivity index is 1.33. The predicted octanol–water partition coefficient (Wildman–Crippen LogP) is 4.41. The lowest BCUT2D eigenvalue weighted by atomic mass is 9.89. The molecule has 2 fully saturated rings. The average molecular weight is 467 g/mol. The van der Waals surface area contributed by atoms with Crippen LogP contribution in [-0.4, -0.2) is 63.2 Å².